The fourth-order valence-corrected chi connectivity index (χ4v) is 5.34. The number of terminal acetylenes is 1. The number of carbonyl (C=O) groups is 1. The van der Waals surface area contributed by atoms with E-state index in [2.05, 4.69) is 27.4 Å². The number of carbonyl (C=O) groups excluding carboxylic acids is 1. The summed E-state index contributed by atoms with van der Waals surface area (Å²) < 4.78 is 14.5. The number of benzene rings is 1. The maximum atomic E-state index is 12.7. The Balaban J connectivity index is 1.23. The number of nitrogen functional groups attached to an aromatic ring is 1. The minimum atomic E-state index is -0.798. The number of imidazole rings is 1. The molecular weight excluding hydrogens is 520 g/mol. The van der Waals surface area contributed by atoms with E-state index in [1.54, 1.807) is 17.1 Å². The zero-order valence-electron chi connectivity index (χ0n) is 22.0. The smallest absolute Gasteiger partial charge is 0.246 e. The number of hydrogen-bond donors (Lipinski definition) is 2. The fourth-order valence-electron chi connectivity index (χ4n) is 5.34. The average molecular weight is 547 g/mol. The van der Waals surface area contributed by atoms with Crippen molar-refractivity contribution >= 4 is 22.9 Å². The Morgan fingerprint density at radius 2 is 2.10 bits per heavy atom. The van der Waals surface area contributed by atoms with Crippen LogP contribution in [0.2, 0.25) is 0 Å². The van der Waals surface area contributed by atoms with E-state index in [0.29, 0.717) is 47.4 Å². The second-order valence-electron chi connectivity index (χ2n) is 10.1. The average Bonchev–Trinajstić information content (AvgIpc) is 3.72. The molecule has 1 aliphatic heterocycles. The number of nitrogens with one attached hydrogen (secondary N) is 1. The Morgan fingerprint density at radius 1 is 1.20 bits per heavy atom. The molecule has 3 N–H and O–H groups in total. The van der Waals surface area contributed by atoms with Crippen LogP contribution in [-0.4, -0.2) is 60.6 Å². The first-order valence-corrected chi connectivity index (χ1v) is 13.3. The van der Waals surface area contributed by atoms with Crippen LogP contribution in [0, 0.1) is 12.3 Å². The van der Waals surface area contributed by atoms with Crippen molar-refractivity contribution in [3.63, 3.8) is 0 Å². The largest absolute Gasteiger partial charge is 0.383 e. The summed E-state index contributed by atoms with van der Waals surface area (Å²) >= 11 is 0. The summed E-state index contributed by atoms with van der Waals surface area (Å²) in [5.41, 5.74) is 10.7. The highest BCUT2D eigenvalue weighted by Gasteiger charge is 2.38. The molecule has 1 amide bonds. The van der Waals surface area contributed by atoms with Crippen LogP contribution in [0.4, 0.5) is 5.82 Å². The van der Waals surface area contributed by atoms with Gasteiger partial charge in [0.15, 0.2) is 22.9 Å². The first-order valence-electron chi connectivity index (χ1n) is 13.3. The summed E-state index contributed by atoms with van der Waals surface area (Å²) in [6, 6.07) is 15.4. The van der Waals surface area contributed by atoms with Crippen LogP contribution in [0.15, 0.2) is 67.1 Å². The molecule has 2 aliphatic rings. The maximum Gasteiger partial charge on any atom is 0.246 e. The zero-order chi connectivity index (χ0) is 28.0. The second-order valence-corrected chi connectivity index (χ2v) is 10.1. The molecule has 1 atom stereocenters. The first-order chi connectivity index (χ1) is 20.0. The second kappa shape index (κ2) is 9.85. The highest BCUT2D eigenvalue weighted by molar-refractivity contribution is 5.83. The van der Waals surface area contributed by atoms with Crippen molar-refractivity contribution in [3.8, 4) is 35.2 Å². The highest BCUT2D eigenvalue weighted by atomic mass is 16.6. The van der Waals surface area contributed by atoms with Crippen molar-refractivity contribution in [2.24, 2.45) is 0 Å². The molecule has 41 heavy (non-hydrogen) atoms. The van der Waals surface area contributed by atoms with E-state index in [1.807, 2.05) is 53.2 Å². The van der Waals surface area contributed by atoms with Gasteiger partial charge in [-0.15, -0.1) is 6.42 Å². The minimum Gasteiger partial charge on any atom is -0.383 e. The Bertz CT molecular complexity index is 1820. The Kier molecular flexibility index (Phi) is 6.00. The molecule has 0 radical (unpaired) electrons. The molecule has 0 saturated carbocycles. The van der Waals surface area contributed by atoms with Gasteiger partial charge in [-0.1, -0.05) is 12.0 Å². The number of hydrogen-bond acceptors (Lipinski definition) is 8. The molecule has 0 unspecified atom stereocenters. The molecule has 0 spiro atoms. The predicted molar refractivity (Wildman–Crippen MR) is 151 cm³/mol. The van der Waals surface area contributed by atoms with Crippen LogP contribution >= 0.6 is 0 Å². The van der Waals surface area contributed by atoms with Crippen LogP contribution in [0.5, 0.6) is 0 Å². The molecule has 11 nitrogen and oxygen atoms in total. The molecule has 1 aliphatic carbocycles. The van der Waals surface area contributed by atoms with Crippen LogP contribution in [0.1, 0.15) is 23.6 Å². The molecule has 1 fully saturated rings. The van der Waals surface area contributed by atoms with Crippen molar-refractivity contribution in [2.75, 3.05) is 25.6 Å². The van der Waals surface area contributed by atoms with Crippen molar-refractivity contribution in [1.29, 1.82) is 0 Å². The number of aromatic nitrogens is 6. The molecule has 5 aromatic rings. The van der Waals surface area contributed by atoms with Gasteiger partial charge < -0.3 is 20.5 Å². The van der Waals surface area contributed by atoms with Gasteiger partial charge in [0, 0.05) is 24.3 Å². The molecule has 204 valence electrons. The van der Waals surface area contributed by atoms with E-state index in [-0.39, 0.29) is 18.6 Å². The number of anilines is 1. The van der Waals surface area contributed by atoms with Crippen molar-refractivity contribution in [3.05, 3.63) is 78.2 Å². The third-order valence-corrected chi connectivity index (χ3v) is 7.52. The van der Waals surface area contributed by atoms with E-state index >= 15 is 0 Å². The number of ether oxygens (including phenoxy) is 2. The van der Waals surface area contributed by atoms with Crippen LogP contribution < -0.4 is 11.1 Å². The van der Waals surface area contributed by atoms with Gasteiger partial charge in [0.2, 0.25) is 5.91 Å². The quantitative estimate of drug-likeness (QED) is 0.298. The van der Waals surface area contributed by atoms with E-state index < -0.39 is 5.60 Å². The molecule has 11 heteroatoms. The minimum absolute atomic E-state index is 0.112. The molecule has 0 bridgehead atoms. The number of pyridine rings is 2. The van der Waals surface area contributed by atoms with Gasteiger partial charge in [-0.3, -0.25) is 9.36 Å². The number of rotatable bonds is 7. The zero-order valence-corrected chi connectivity index (χ0v) is 22.0. The number of aryl methyl sites for hydroxylation is 1. The SMILES string of the molecule is C#CC1(OCC(=O)N[C@H]2CCc3cc(-n4c(-c5cccnc5N)nc5ccc(-n6cccn6)nc54)ccc32)COC1. The van der Waals surface area contributed by atoms with Gasteiger partial charge in [-0.25, -0.2) is 19.6 Å². The number of fused-ring (bicyclic) bond motifs is 2. The topological polar surface area (TPSA) is 135 Å². The standard InChI is InChI=1S/C30H26N8O3/c1-2-30(17-40-18-30)41-16-26(39)34-23-9-6-19-15-20(7-8-21(19)23)38-28(22-5-3-12-32-27(22)31)35-24-10-11-25(36-29(24)38)37-14-4-13-33-37/h1,3-5,7-8,10-15,23H,6,9,16-18H2,(H2,31,32)(H,34,39)/t23-/m0/s1. The predicted octanol–water partition coefficient (Wildman–Crippen LogP) is 2.77. The summed E-state index contributed by atoms with van der Waals surface area (Å²) in [5.74, 6) is 4.06. The molecule has 4 aromatic heterocycles. The lowest BCUT2D eigenvalue weighted by Gasteiger charge is -2.36. The summed E-state index contributed by atoms with van der Waals surface area (Å²) in [4.78, 5) is 26.8. The summed E-state index contributed by atoms with van der Waals surface area (Å²) in [5, 5.41) is 7.42. The van der Waals surface area contributed by atoms with Crippen molar-refractivity contribution < 1.29 is 14.3 Å². The van der Waals surface area contributed by atoms with Crippen LogP contribution in [0.3, 0.4) is 0 Å². The van der Waals surface area contributed by atoms with Gasteiger partial charge in [-0.05, 0) is 66.4 Å². The molecule has 1 saturated heterocycles. The number of nitrogens with zero attached hydrogens (tertiary/aromatic N) is 6. The van der Waals surface area contributed by atoms with E-state index in [0.717, 1.165) is 29.7 Å². The monoisotopic (exact) mass is 546 g/mol. The Hall–Kier alpha value is -5.05. The lowest BCUT2D eigenvalue weighted by Crippen LogP contribution is -2.52. The van der Waals surface area contributed by atoms with E-state index in [9.17, 15) is 4.79 Å². The van der Waals surface area contributed by atoms with E-state index in [1.165, 1.54) is 0 Å². The van der Waals surface area contributed by atoms with Gasteiger partial charge in [-0.2, -0.15) is 5.10 Å². The van der Waals surface area contributed by atoms with Crippen molar-refractivity contribution in [2.45, 2.75) is 24.5 Å². The molecule has 7 rings (SSSR count). The van der Waals surface area contributed by atoms with E-state index in [4.69, 9.17) is 31.6 Å². The fraction of sp³-hybridized carbons (Fsp3) is 0.233. The maximum absolute atomic E-state index is 12.7. The van der Waals surface area contributed by atoms with Gasteiger partial charge in [0.1, 0.15) is 17.9 Å². The molecular formula is C30H26N8O3. The Morgan fingerprint density at radius 3 is 2.85 bits per heavy atom. The van der Waals surface area contributed by atoms with Crippen LogP contribution in [-0.2, 0) is 20.7 Å². The summed E-state index contributed by atoms with van der Waals surface area (Å²) in [7, 11) is 0. The molecule has 5 heterocycles. The van der Waals surface area contributed by atoms with Gasteiger partial charge >= 0.3 is 0 Å². The third kappa shape index (κ3) is 4.39. The summed E-state index contributed by atoms with van der Waals surface area (Å²) in [6.45, 7) is 0.498. The Labute approximate surface area is 235 Å². The molecule has 1 aromatic carbocycles. The lowest BCUT2D eigenvalue weighted by atomic mass is 10.0. The normalized spacial score (nSPS) is 17.1. The van der Waals surface area contributed by atoms with Gasteiger partial charge in [0.05, 0.1) is 24.8 Å². The number of nitrogens with two attached hydrogens (primary N) is 1. The first kappa shape index (κ1) is 25.0. The van der Waals surface area contributed by atoms with Gasteiger partial charge in [0.25, 0.3) is 0 Å². The highest BCUT2D eigenvalue weighted by Crippen LogP contribution is 2.36. The number of amides is 1. The lowest BCUT2D eigenvalue weighted by molar-refractivity contribution is -0.179. The third-order valence-electron chi connectivity index (χ3n) is 7.52. The van der Waals surface area contributed by atoms with Crippen molar-refractivity contribution in [1.82, 2.24) is 34.6 Å². The van der Waals surface area contributed by atoms with Crippen LogP contribution in [0.25, 0.3) is 34.1 Å². The summed E-state index contributed by atoms with van der Waals surface area (Å²) in [6.07, 6.45) is 12.3.